The number of ketones is 1. The van der Waals surface area contributed by atoms with Crippen molar-refractivity contribution in [1.29, 1.82) is 0 Å². The van der Waals surface area contributed by atoms with Crippen LogP contribution in [-0.2, 0) is 0 Å². The molecule has 1 aromatic heterocycles. The lowest BCUT2D eigenvalue weighted by atomic mass is 10.2. The van der Waals surface area contributed by atoms with Crippen molar-refractivity contribution in [1.82, 2.24) is 0 Å². The summed E-state index contributed by atoms with van der Waals surface area (Å²) in [6, 6.07) is 15.2. The summed E-state index contributed by atoms with van der Waals surface area (Å²) < 4.78 is 7.50. The highest BCUT2D eigenvalue weighted by molar-refractivity contribution is 9.10. The fourth-order valence-electron chi connectivity index (χ4n) is 2.00. The van der Waals surface area contributed by atoms with Crippen molar-refractivity contribution in [3.05, 3.63) is 74.9 Å². The molecule has 21 heavy (non-hydrogen) atoms. The van der Waals surface area contributed by atoms with Gasteiger partial charge in [-0.2, -0.15) is 0 Å². The molecule has 0 saturated carbocycles. The molecule has 4 heteroatoms. The first-order chi connectivity index (χ1) is 10.1. The van der Waals surface area contributed by atoms with E-state index in [2.05, 4.69) is 31.9 Å². The van der Waals surface area contributed by atoms with Gasteiger partial charge >= 0.3 is 0 Å². The van der Waals surface area contributed by atoms with Crippen LogP contribution in [0.25, 0.3) is 17.0 Å². The first-order valence-electron chi connectivity index (χ1n) is 6.29. The van der Waals surface area contributed by atoms with E-state index in [-0.39, 0.29) is 5.78 Å². The van der Waals surface area contributed by atoms with E-state index < -0.39 is 0 Å². The highest BCUT2D eigenvalue weighted by Crippen LogP contribution is 2.24. The third-order valence-electron chi connectivity index (χ3n) is 3.00. The molecular formula is C17H10Br2O2. The van der Waals surface area contributed by atoms with Crippen molar-refractivity contribution in [2.24, 2.45) is 0 Å². The van der Waals surface area contributed by atoms with Gasteiger partial charge in [-0.1, -0.05) is 50.1 Å². The molecule has 0 aliphatic carbocycles. The zero-order valence-corrected chi connectivity index (χ0v) is 14.0. The number of rotatable bonds is 3. The second-order valence-corrected chi connectivity index (χ2v) is 6.38. The molecule has 2 aromatic carbocycles. The molecule has 0 fully saturated rings. The Bertz CT molecular complexity index is 847. The summed E-state index contributed by atoms with van der Waals surface area (Å²) >= 11 is 6.80. The van der Waals surface area contributed by atoms with Gasteiger partial charge in [-0.3, -0.25) is 4.79 Å². The molecule has 0 N–H and O–H groups in total. The quantitative estimate of drug-likeness (QED) is 0.403. The molecule has 0 amide bonds. The zero-order chi connectivity index (χ0) is 14.8. The molecular weight excluding hydrogens is 396 g/mol. The summed E-state index contributed by atoms with van der Waals surface area (Å²) in [5, 5.41) is 0.906. The first-order valence-corrected chi connectivity index (χ1v) is 7.87. The number of fused-ring (bicyclic) bond motifs is 1. The van der Waals surface area contributed by atoms with Crippen LogP contribution in [0.15, 0.2) is 68.0 Å². The van der Waals surface area contributed by atoms with Crippen LogP contribution in [0, 0.1) is 0 Å². The molecule has 3 aromatic rings. The number of carbonyl (C=O) groups excluding carboxylic acids is 1. The molecule has 0 unspecified atom stereocenters. The van der Waals surface area contributed by atoms with Gasteiger partial charge in [-0.15, -0.1) is 0 Å². The third-order valence-corrected chi connectivity index (χ3v) is 3.98. The van der Waals surface area contributed by atoms with Gasteiger partial charge in [0.05, 0.1) is 0 Å². The molecule has 3 rings (SSSR count). The largest absolute Gasteiger partial charge is 0.453 e. The van der Waals surface area contributed by atoms with E-state index in [0.29, 0.717) is 11.3 Å². The Morgan fingerprint density at radius 2 is 1.81 bits per heavy atom. The lowest BCUT2D eigenvalue weighted by Crippen LogP contribution is -1.90. The molecule has 0 bridgehead atoms. The summed E-state index contributed by atoms with van der Waals surface area (Å²) in [4.78, 5) is 12.2. The molecule has 1 heterocycles. The van der Waals surface area contributed by atoms with E-state index in [4.69, 9.17) is 4.42 Å². The van der Waals surface area contributed by atoms with Crippen LogP contribution in [0.2, 0.25) is 0 Å². The lowest BCUT2D eigenvalue weighted by Gasteiger charge is -1.93. The van der Waals surface area contributed by atoms with Gasteiger partial charge in [0.2, 0.25) is 5.78 Å². The molecule has 0 radical (unpaired) electrons. The third kappa shape index (κ3) is 3.34. The number of allylic oxidation sites excluding steroid dienone is 1. The van der Waals surface area contributed by atoms with Crippen LogP contribution in [0.4, 0.5) is 0 Å². The fraction of sp³-hybridized carbons (Fsp3) is 0. The van der Waals surface area contributed by atoms with E-state index >= 15 is 0 Å². The Labute approximate surface area is 138 Å². The van der Waals surface area contributed by atoms with E-state index in [9.17, 15) is 4.79 Å². The Hall–Kier alpha value is -1.65. The smallest absolute Gasteiger partial charge is 0.221 e. The van der Waals surface area contributed by atoms with Crippen LogP contribution in [-0.4, -0.2) is 5.78 Å². The van der Waals surface area contributed by atoms with E-state index in [1.54, 1.807) is 12.1 Å². The fourth-order valence-corrected chi connectivity index (χ4v) is 2.80. The molecule has 0 atom stereocenters. The van der Waals surface area contributed by atoms with Crippen LogP contribution in [0.1, 0.15) is 16.1 Å². The number of hydrogen-bond donors (Lipinski definition) is 0. The maximum Gasteiger partial charge on any atom is 0.221 e. The minimum absolute atomic E-state index is 0.151. The summed E-state index contributed by atoms with van der Waals surface area (Å²) in [7, 11) is 0. The first kappa shape index (κ1) is 14.3. The summed E-state index contributed by atoms with van der Waals surface area (Å²) in [5.41, 5.74) is 1.66. The molecule has 0 aliphatic heterocycles. The predicted octanol–water partition coefficient (Wildman–Crippen LogP) is 5.85. The molecule has 0 spiro atoms. The van der Waals surface area contributed by atoms with Crippen LogP contribution >= 0.6 is 31.9 Å². The minimum Gasteiger partial charge on any atom is -0.453 e. The lowest BCUT2D eigenvalue weighted by molar-refractivity contribution is 0.102. The summed E-state index contributed by atoms with van der Waals surface area (Å²) in [6.07, 6.45) is 3.30. The Morgan fingerprint density at radius 1 is 1.00 bits per heavy atom. The number of benzene rings is 2. The Kier molecular flexibility index (Phi) is 4.08. The van der Waals surface area contributed by atoms with E-state index in [1.165, 1.54) is 6.08 Å². The molecule has 2 nitrogen and oxygen atoms in total. The molecule has 0 saturated heterocycles. The average molecular weight is 406 g/mol. The normalized spacial score (nSPS) is 11.3. The van der Waals surface area contributed by atoms with E-state index in [0.717, 1.165) is 19.9 Å². The molecule has 0 aliphatic rings. The van der Waals surface area contributed by atoms with E-state index in [1.807, 2.05) is 42.5 Å². The SMILES string of the molecule is O=C(/C=C/c1cccc(Br)c1)c1cc2cc(Br)ccc2o1. The van der Waals surface area contributed by atoms with Gasteiger partial charge in [0, 0.05) is 14.3 Å². The van der Waals surface area contributed by atoms with Gasteiger partial charge in [0.1, 0.15) is 5.58 Å². The highest BCUT2D eigenvalue weighted by Gasteiger charge is 2.09. The van der Waals surface area contributed by atoms with Gasteiger partial charge in [0.15, 0.2) is 5.76 Å². The zero-order valence-electron chi connectivity index (χ0n) is 10.8. The van der Waals surface area contributed by atoms with Gasteiger partial charge < -0.3 is 4.42 Å². The Morgan fingerprint density at radius 3 is 2.62 bits per heavy atom. The minimum atomic E-state index is -0.151. The number of halogens is 2. The van der Waals surface area contributed by atoms with Crippen molar-refractivity contribution in [2.75, 3.05) is 0 Å². The predicted molar refractivity (Wildman–Crippen MR) is 91.4 cm³/mol. The van der Waals surface area contributed by atoms with Gasteiger partial charge in [-0.25, -0.2) is 0 Å². The van der Waals surface area contributed by atoms with Crippen LogP contribution in [0.5, 0.6) is 0 Å². The van der Waals surface area contributed by atoms with Crippen LogP contribution in [0.3, 0.4) is 0 Å². The van der Waals surface area contributed by atoms with Crippen molar-refractivity contribution in [2.45, 2.75) is 0 Å². The average Bonchev–Trinajstić information content (AvgIpc) is 2.88. The van der Waals surface area contributed by atoms with Crippen molar-refractivity contribution < 1.29 is 9.21 Å². The van der Waals surface area contributed by atoms with Crippen LogP contribution < -0.4 is 0 Å². The summed E-state index contributed by atoms with van der Waals surface area (Å²) in [6.45, 7) is 0. The van der Waals surface area contributed by atoms with Gasteiger partial charge in [-0.05, 0) is 48.0 Å². The van der Waals surface area contributed by atoms with Crippen molar-refractivity contribution in [3.8, 4) is 0 Å². The van der Waals surface area contributed by atoms with Gasteiger partial charge in [0.25, 0.3) is 0 Å². The monoisotopic (exact) mass is 404 g/mol. The number of carbonyl (C=O) groups is 1. The second-order valence-electron chi connectivity index (χ2n) is 4.55. The van der Waals surface area contributed by atoms with Crippen molar-refractivity contribution >= 4 is 54.7 Å². The summed E-state index contributed by atoms with van der Waals surface area (Å²) in [5.74, 6) is 0.191. The second kappa shape index (κ2) is 6.00. The number of furan rings is 1. The Balaban J connectivity index is 1.86. The standard InChI is InChI=1S/C17H10Br2O2/c18-13-3-1-2-11(8-13)4-6-15(20)17-10-12-9-14(19)5-7-16(12)21-17/h1-10H/b6-4+. The van der Waals surface area contributed by atoms with Crippen molar-refractivity contribution in [3.63, 3.8) is 0 Å². The topological polar surface area (TPSA) is 30.2 Å². The highest BCUT2D eigenvalue weighted by atomic mass is 79.9. The molecule has 104 valence electrons. The number of hydrogen-bond acceptors (Lipinski definition) is 2. The maximum atomic E-state index is 12.2. The maximum absolute atomic E-state index is 12.2.